The first-order valence-corrected chi connectivity index (χ1v) is 13.8. The summed E-state index contributed by atoms with van der Waals surface area (Å²) in [5.74, 6) is -3.71. The van der Waals surface area contributed by atoms with Gasteiger partial charge in [0, 0.05) is 0 Å². The van der Waals surface area contributed by atoms with E-state index in [4.69, 9.17) is 14.0 Å². The van der Waals surface area contributed by atoms with E-state index in [9.17, 15) is 32.6 Å². The molecule has 10 nitrogen and oxygen atoms in total. The predicted octanol–water partition coefficient (Wildman–Crippen LogP) is -2.35. The Labute approximate surface area is 130 Å². The van der Waals surface area contributed by atoms with E-state index in [-0.39, 0.29) is 5.21 Å². The van der Waals surface area contributed by atoms with E-state index in [2.05, 4.69) is 0 Å². The fraction of sp³-hybridized carbons (Fsp3) is 1.00. The third-order valence-corrected chi connectivity index (χ3v) is 6.31. The molecular formula is C10H21AsO10S. The summed E-state index contributed by atoms with van der Waals surface area (Å²) in [6, 6.07) is 0. The van der Waals surface area contributed by atoms with Crippen molar-refractivity contribution in [2.75, 3.05) is 12.4 Å². The van der Waals surface area contributed by atoms with Crippen molar-refractivity contribution in [3.63, 3.8) is 0 Å². The van der Waals surface area contributed by atoms with Gasteiger partial charge in [-0.15, -0.1) is 0 Å². The molecule has 1 unspecified atom stereocenters. The second-order valence-electron chi connectivity index (χ2n) is 5.69. The van der Waals surface area contributed by atoms with Gasteiger partial charge in [0.15, 0.2) is 0 Å². The Morgan fingerprint density at radius 3 is 2.36 bits per heavy atom. The van der Waals surface area contributed by atoms with Crippen molar-refractivity contribution in [2.45, 2.75) is 47.0 Å². The average Bonchev–Trinajstić information content (AvgIpc) is 2.48. The molecule has 5 atom stereocenters. The minimum atomic E-state index is -4.45. The topological polar surface area (TPSA) is 171 Å². The first kappa shape index (κ1) is 20.1. The summed E-state index contributed by atoms with van der Waals surface area (Å²) in [5.41, 5.74) is 2.99. The van der Waals surface area contributed by atoms with Gasteiger partial charge in [-0.05, 0) is 0 Å². The molecule has 1 fully saturated rings. The molecule has 1 saturated heterocycles. The van der Waals surface area contributed by atoms with Crippen molar-refractivity contribution in [2.24, 2.45) is 0 Å². The van der Waals surface area contributed by atoms with Gasteiger partial charge in [0.05, 0.1) is 0 Å². The molecule has 0 saturated carbocycles. The number of rotatable bonds is 7. The van der Waals surface area contributed by atoms with Crippen LogP contribution >= 0.6 is 0 Å². The van der Waals surface area contributed by atoms with Gasteiger partial charge in [-0.25, -0.2) is 0 Å². The second kappa shape index (κ2) is 6.87. The van der Waals surface area contributed by atoms with E-state index in [1.165, 1.54) is 11.4 Å². The van der Waals surface area contributed by atoms with Crippen LogP contribution in [0.2, 0.25) is 16.6 Å². The summed E-state index contributed by atoms with van der Waals surface area (Å²) in [6.45, 7) is -0.784. The monoisotopic (exact) mass is 408 g/mol. The van der Waals surface area contributed by atoms with E-state index < -0.39 is 66.4 Å². The van der Waals surface area contributed by atoms with Gasteiger partial charge in [-0.2, -0.15) is 0 Å². The van der Waals surface area contributed by atoms with Crippen molar-refractivity contribution in [3.05, 3.63) is 0 Å². The van der Waals surface area contributed by atoms with Gasteiger partial charge in [0.2, 0.25) is 0 Å². The van der Waals surface area contributed by atoms with Crippen LogP contribution in [0.3, 0.4) is 0 Å². The fourth-order valence-electron chi connectivity index (χ4n) is 1.98. The minimum absolute atomic E-state index is 0.0598. The molecule has 0 spiro atoms. The zero-order valence-electron chi connectivity index (χ0n) is 12.1. The van der Waals surface area contributed by atoms with E-state index in [0.717, 1.165) is 0 Å². The second-order valence-corrected chi connectivity index (χ2v) is 14.6. The van der Waals surface area contributed by atoms with Gasteiger partial charge in [-0.1, -0.05) is 0 Å². The van der Waals surface area contributed by atoms with Crippen LogP contribution in [0.5, 0.6) is 0 Å². The molecule has 132 valence electrons. The molecule has 0 amide bonds. The maximum absolute atomic E-state index is 11.8. The van der Waals surface area contributed by atoms with Gasteiger partial charge in [0.1, 0.15) is 0 Å². The molecule has 1 aliphatic heterocycles. The quantitative estimate of drug-likeness (QED) is 0.175. The van der Waals surface area contributed by atoms with Crippen LogP contribution < -0.4 is 0 Å². The molecule has 5 N–H and O–H groups in total. The number of hydrogen-bond donors (Lipinski definition) is 5. The number of hydrogen-bond acceptors (Lipinski definition) is 9. The summed E-state index contributed by atoms with van der Waals surface area (Å²) in [7, 11) is -4.45. The van der Waals surface area contributed by atoms with Crippen LogP contribution in [-0.4, -0.2) is 89.6 Å². The Morgan fingerprint density at radius 1 is 1.36 bits per heavy atom. The van der Waals surface area contributed by atoms with Crippen LogP contribution in [0.15, 0.2) is 0 Å². The van der Waals surface area contributed by atoms with Gasteiger partial charge < -0.3 is 0 Å². The number of aliphatic hydroxyl groups is 4. The fourth-order valence-corrected chi connectivity index (χ4v) is 4.99. The normalized spacial score (nSPS) is 34.8. The Morgan fingerprint density at radius 2 is 1.91 bits per heavy atom. The van der Waals surface area contributed by atoms with Crippen molar-refractivity contribution in [1.29, 1.82) is 0 Å². The summed E-state index contributed by atoms with van der Waals surface area (Å²) in [4.78, 5) is 0. The van der Waals surface area contributed by atoms with Crippen LogP contribution in [0.25, 0.3) is 0 Å². The van der Waals surface area contributed by atoms with E-state index in [1.807, 2.05) is 0 Å². The van der Waals surface area contributed by atoms with E-state index in [1.54, 1.807) is 0 Å². The van der Waals surface area contributed by atoms with Crippen LogP contribution in [-0.2, 0) is 23.3 Å². The molecule has 1 rings (SSSR count). The molecule has 0 aromatic carbocycles. The molecule has 1 heterocycles. The molecule has 0 aromatic heterocycles. The molecule has 0 radical (unpaired) electrons. The molecular weight excluding hydrogens is 387 g/mol. The van der Waals surface area contributed by atoms with E-state index in [0.29, 0.717) is 0 Å². The number of ether oxygens (including phenoxy) is 2. The molecule has 0 aliphatic carbocycles. The first-order chi connectivity index (χ1) is 9.73. The number of aliphatic hydroxyl groups excluding tert-OH is 3. The van der Waals surface area contributed by atoms with Gasteiger partial charge in [-0.3, -0.25) is 0 Å². The van der Waals surface area contributed by atoms with Crippen molar-refractivity contribution < 1.29 is 46.6 Å². The Balaban J connectivity index is 2.67. The van der Waals surface area contributed by atoms with Crippen LogP contribution in [0, 0.1) is 0 Å². The Kier molecular flexibility index (Phi) is 6.27. The van der Waals surface area contributed by atoms with Crippen molar-refractivity contribution >= 4 is 23.6 Å². The Bertz CT molecular complexity index is 530. The third kappa shape index (κ3) is 5.91. The molecule has 0 bridgehead atoms. The summed E-state index contributed by atoms with van der Waals surface area (Å²) < 4.78 is 51.2. The Hall–Kier alpha value is 0.0284. The predicted molar refractivity (Wildman–Crippen MR) is 73.2 cm³/mol. The summed E-state index contributed by atoms with van der Waals surface area (Å²) in [5, 5.41) is 38.8. The van der Waals surface area contributed by atoms with Gasteiger partial charge in [0.25, 0.3) is 0 Å². The van der Waals surface area contributed by atoms with Crippen molar-refractivity contribution in [1.82, 2.24) is 0 Å². The SMILES string of the molecule is C[As](C)(=O)C[C@H]1O[C@](O)(OCC(O)CS(=O)(=O)O)[C@H](O)[C@@H]1O. The maximum atomic E-state index is 11.8. The zero-order valence-corrected chi connectivity index (χ0v) is 14.8. The average molecular weight is 408 g/mol. The standard InChI is InChI=1S/C10H21AsO10S/c1-11(2,16)3-7-8(13)9(14)10(15,21-7)20-4-6(12)5-22(17,18)19/h6-9,12-15H,3-5H2,1-2H3,(H,17,18,19)/t6?,7-,8-,9-,10-/m1/s1. The summed E-state index contributed by atoms with van der Waals surface area (Å²) in [6.07, 6.45) is -6.26. The summed E-state index contributed by atoms with van der Waals surface area (Å²) >= 11 is -3.24. The molecule has 12 heteroatoms. The molecule has 0 aromatic rings. The first-order valence-electron chi connectivity index (χ1n) is 6.31. The van der Waals surface area contributed by atoms with E-state index >= 15 is 0 Å². The third-order valence-electron chi connectivity index (χ3n) is 2.90. The molecule has 22 heavy (non-hydrogen) atoms. The zero-order chi connectivity index (χ0) is 17.3. The molecule has 1 aliphatic rings. The van der Waals surface area contributed by atoms with Crippen molar-refractivity contribution in [3.8, 4) is 0 Å². The van der Waals surface area contributed by atoms with Crippen LogP contribution in [0.1, 0.15) is 0 Å². The van der Waals surface area contributed by atoms with Gasteiger partial charge >= 0.3 is 130 Å². The van der Waals surface area contributed by atoms with Crippen LogP contribution in [0.4, 0.5) is 0 Å².